The molecule has 3 aliphatic rings. The molecule has 0 aromatic carbocycles. The van der Waals surface area contributed by atoms with Crippen LogP contribution in [0.15, 0.2) is 11.6 Å². The van der Waals surface area contributed by atoms with Crippen molar-refractivity contribution >= 4 is 17.5 Å². The third-order valence-corrected chi connectivity index (χ3v) is 5.26. The number of carbonyl (C=O) groups excluding carboxylic acids is 3. The Hall–Kier alpha value is -1.45. The molecule has 1 aliphatic heterocycles. The standard InChI is InChI=1S/C15H18O4/c1-7-4-5-9-8(2)14(18)19-13(9)15(3)10(7)6-11(16)12(15)17/h6-9,13H,4-5H2,1-3H3. The fourth-order valence-electron chi connectivity index (χ4n) is 3.99. The highest BCUT2D eigenvalue weighted by Crippen LogP contribution is 2.53. The molecule has 1 heterocycles. The molecule has 2 aliphatic carbocycles. The highest BCUT2D eigenvalue weighted by molar-refractivity contribution is 6.46. The van der Waals surface area contributed by atoms with E-state index < -0.39 is 23.1 Å². The molecule has 4 nitrogen and oxygen atoms in total. The molecule has 1 saturated heterocycles. The first-order valence-corrected chi connectivity index (χ1v) is 6.88. The summed E-state index contributed by atoms with van der Waals surface area (Å²) >= 11 is 0. The Balaban J connectivity index is 2.13. The van der Waals surface area contributed by atoms with E-state index in [1.165, 1.54) is 6.08 Å². The first kappa shape index (κ1) is 12.6. The number of esters is 1. The first-order chi connectivity index (χ1) is 8.87. The van der Waals surface area contributed by atoms with Gasteiger partial charge in [0.05, 0.1) is 11.3 Å². The predicted molar refractivity (Wildman–Crippen MR) is 67.1 cm³/mol. The van der Waals surface area contributed by atoms with Crippen molar-refractivity contribution in [1.82, 2.24) is 0 Å². The SMILES string of the molecule is CC1CCC2C(C)C(=O)OC2C2(C)C(=O)C(=O)C=C12. The number of allylic oxidation sites excluding steroid dienone is 1. The lowest BCUT2D eigenvalue weighted by atomic mass is 9.70. The van der Waals surface area contributed by atoms with Gasteiger partial charge in [0, 0.05) is 5.92 Å². The molecule has 0 aromatic heterocycles. The van der Waals surface area contributed by atoms with Gasteiger partial charge in [-0.3, -0.25) is 14.4 Å². The number of ketones is 2. The Morgan fingerprint density at radius 3 is 2.58 bits per heavy atom. The highest BCUT2D eigenvalue weighted by Gasteiger charge is 2.61. The molecule has 1 saturated carbocycles. The summed E-state index contributed by atoms with van der Waals surface area (Å²) < 4.78 is 5.49. The van der Waals surface area contributed by atoms with Crippen molar-refractivity contribution in [2.75, 3.05) is 0 Å². The Morgan fingerprint density at radius 1 is 1.21 bits per heavy atom. The fraction of sp³-hybridized carbons (Fsp3) is 0.667. The Bertz CT molecular complexity index is 518. The van der Waals surface area contributed by atoms with Crippen LogP contribution < -0.4 is 0 Å². The van der Waals surface area contributed by atoms with Crippen LogP contribution >= 0.6 is 0 Å². The van der Waals surface area contributed by atoms with Crippen LogP contribution in [0.2, 0.25) is 0 Å². The lowest BCUT2D eigenvalue weighted by molar-refractivity contribution is -0.151. The van der Waals surface area contributed by atoms with Gasteiger partial charge in [-0.15, -0.1) is 0 Å². The number of ether oxygens (including phenoxy) is 1. The minimum Gasteiger partial charge on any atom is -0.460 e. The van der Waals surface area contributed by atoms with E-state index >= 15 is 0 Å². The molecule has 5 atom stereocenters. The van der Waals surface area contributed by atoms with E-state index in [9.17, 15) is 14.4 Å². The second-order valence-corrected chi connectivity index (χ2v) is 6.28. The molecule has 2 fully saturated rings. The maximum atomic E-state index is 12.3. The largest absolute Gasteiger partial charge is 0.460 e. The third kappa shape index (κ3) is 1.43. The van der Waals surface area contributed by atoms with Gasteiger partial charge in [-0.1, -0.05) is 13.8 Å². The van der Waals surface area contributed by atoms with Gasteiger partial charge in [0.25, 0.3) is 0 Å². The normalized spacial score (nSPS) is 45.4. The quantitative estimate of drug-likeness (QED) is 0.492. The van der Waals surface area contributed by atoms with Crippen LogP contribution in [0.3, 0.4) is 0 Å². The summed E-state index contributed by atoms with van der Waals surface area (Å²) in [5, 5.41) is 0. The third-order valence-electron chi connectivity index (χ3n) is 5.26. The number of fused-ring (bicyclic) bond motifs is 3. The average Bonchev–Trinajstić information content (AvgIpc) is 2.74. The van der Waals surface area contributed by atoms with E-state index in [4.69, 9.17) is 4.74 Å². The topological polar surface area (TPSA) is 60.4 Å². The summed E-state index contributed by atoms with van der Waals surface area (Å²) in [6, 6.07) is 0. The summed E-state index contributed by atoms with van der Waals surface area (Å²) in [6.07, 6.45) is 2.77. The van der Waals surface area contributed by atoms with E-state index in [0.29, 0.717) is 0 Å². The lowest BCUT2D eigenvalue weighted by Crippen LogP contribution is -2.43. The summed E-state index contributed by atoms with van der Waals surface area (Å²) in [5.74, 6) is -1.04. The highest BCUT2D eigenvalue weighted by atomic mass is 16.6. The molecule has 102 valence electrons. The van der Waals surface area contributed by atoms with Gasteiger partial charge < -0.3 is 4.74 Å². The smallest absolute Gasteiger partial charge is 0.309 e. The van der Waals surface area contributed by atoms with Gasteiger partial charge in [0.2, 0.25) is 11.6 Å². The summed E-state index contributed by atoms with van der Waals surface area (Å²) in [7, 11) is 0. The van der Waals surface area contributed by atoms with Crippen molar-refractivity contribution in [3.8, 4) is 0 Å². The summed E-state index contributed by atoms with van der Waals surface area (Å²) in [6.45, 7) is 5.68. The second-order valence-electron chi connectivity index (χ2n) is 6.28. The van der Waals surface area contributed by atoms with Crippen LogP contribution in [-0.2, 0) is 19.1 Å². The molecule has 0 radical (unpaired) electrons. The molecule has 5 unspecified atom stereocenters. The number of hydrogen-bond acceptors (Lipinski definition) is 4. The summed E-state index contributed by atoms with van der Waals surface area (Å²) in [5.41, 5.74) is -0.0742. The average molecular weight is 262 g/mol. The Kier molecular flexibility index (Phi) is 2.50. The van der Waals surface area contributed by atoms with Gasteiger partial charge in [0.1, 0.15) is 6.10 Å². The van der Waals surface area contributed by atoms with Gasteiger partial charge >= 0.3 is 5.97 Å². The molecule has 0 spiro atoms. The Labute approximate surface area is 112 Å². The molecule has 0 N–H and O–H groups in total. The number of Topliss-reactive ketones (excluding diaryl/α,β-unsaturated/α-hetero) is 1. The Morgan fingerprint density at radius 2 is 1.89 bits per heavy atom. The predicted octanol–water partition coefficient (Wildman–Crippen LogP) is 1.68. The van der Waals surface area contributed by atoms with Gasteiger partial charge in [0.15, 0.2) is 0 Å². The zero-order valence-corrected chi connectivity index (χ0v) is 11.4. The molecule has 0 amide bonds. The summed E-state index contributed by atoms with van der Waals surface area (Å²) in [4.78, 5) is 35.9. The zero-order valence-electron chi connectivity index (χ0n) is 11.4. The molecule has 0 aromatic rings. The maximum Gasteiger partial charge on any atom is 0.309 e. The van der Waals surface area contributed by atoms with Gasteiger partial charge in [-0.25, -0.2) is 0 Å². The molecule has 4 heteroatoms. The van der Waals surface area contributed by atoms with E-state index in [2.05, 4.69) is 0 Å². The molecule has 19 heavy (non-hydrogen) atoms. The molecule has 0 bridgehead atoms. The number of hydrogen-bond donors (Lipinski definition) is 0. The maximum absolute atomic E-state index is 12.3. The van der Waals surface area contributed by atoms with Crippen LogP contribution in [0.1, 0.15) is 33.6 Å². The second kappa shape index (κ2) is 3.78. The van der Waals surface area contributed by atoms with Crippen LogP contribution in [0.5, 0.6) is 0 Å². The van der Waals surface area contributed by atoms with Crippen molar-refractivity contribution in [3.63, 3.8) is 0 Å². The minimum absolute atomic E-state index is 0.0423. The van der Waals surface area contributed by atoms with E-state index in [0.717, 1.165) is 18.4 Å². The lowest BCUT2D eigenvalue weighted by Gasteiger charge is -2.33. The van der Waals surface area contributed by atoms with Gasteiger partial charge in [-0.05, 0) is 37.3 Å². The van der Waals surface area contributed by atoms with E-state index in [1.807, 2.05) is 13.8 Å². The number of carbonyl (C=O) groups is 3. The fourth-order valence-corrected chi connectivity index (χ4v) is 3.99. The monoisotopic (exact) mass is 262 g/mol. The van der Waals surface area contributed by atoms with Crippen LogP contribution in [0, 0.1) is 23.2 Å². The van der Waals surface area contributed by atoms with Crippen molar-refractivity contribution in [2.45, 2.75) is 39.7 Å². The van der Waals surface area contributed by atoms with Crippen LogP contribution in [0.4, 0.5) is 0 Å². The van der Waals surface area contributed by atoms with Crippen molar-refractivity contribution in [1.29, 1.82) is 0 Å². The van der Waals surface area contributed by atoms with Crippen molar-refractivity contribution < 1.29 is 19.1 Å². The molecule has 3 rings (SSSR count). The van der Waals surface area contributed by atoms with Crippen LogP contribution in [-0.4, -0.2) is 23.6 Å². The minimum atomic E-state index is -0.932. The zero-order chi connectivity index (χ0) is 13.9. The molecular weight excluding hydrogens is 244 g/mol. The molecular formula is C15H18O4. The first-order valence-electron chi connectivity index (χ1n) is 6.88. The van der Waals surface area contributed by atoms with E-state index in [-0.39, 0.29) is 23.7 Å². The number of rotatable bonds is 0. The van der Waals surface area contributed by atoms with Crippen LogP contribution in [0.25, 0.3) is 0 Å². The van der Waals surface area contributed by atoms with Crippen molar-refractivity contribution in [3.05, 3.63) is 11.6 Å². The van der Waals surface area contributed by atoms with E-state index in [1.54, 1.807) is 6.92 Å². The van der Waals surface area contributed by atoms with Crippen molar-refractivity contribution in [2.24, 2.45) is 23.2 Å². The van der Waals surface area contributed by atoms with Gasteiger partial charge in [-0.2, -0.15) is 0 Å².